The van der Waals surface area contributed by atoms with E-state index < -0.39 is 0 Å². The molecule has 5 nitrogen and oxygen atoms in total. The zero-order chi connectivity index (χ0) is 18.8. The zero-order valence-electron chi connectivity index (χ0n) is 16.1. The summed E-state index contributed by atoms with van der Waals surface area (Å²) in [4.78, 5) is 19.8. The van der Waals surface area contributed by atoms with Gasteiger partial charge in [-0.3, -0.25) is 4.79 Å². The van der Waals surface area contributed by atoms with Crippen LogP contribution in [0.25, 0.3) is 0 Å². The van der Waals surface area contributed by atoms with Crippen molar-refractivity contribution in [3.63, 3.8) is 0 Å². The molecule has 2 aromatic rings. The molecule has 2 rings (SSSR count). The first-order chi connectivity index (χ1) is 11.5. The molecule has 1 aromatic heterocycles. The Balaban J connectivity index is 2.65. The van der Waals surface area contributed by atoms with Gasteiger partial charge in [-0.15, -0.1) is 0 Å². The monoisotopic (exact) mass is 341 g/mol. The Kier molecular flexibility index (Phi) is 5.16. The Morgan fingerprint density at radius 2 is 1.40 bits per heavy atom. The normalized spacial score (nSPS) is 12.0. The highest BCUT2D eigenvalue weighted by Gasteiger charge is 2.28. The number of hydrogen-bond donors (Lipinski definition) is 1. The number of ether oxygens (including phenoxy) is 1. The van der Waals surface area contributed by atoms with E-state index in [4.69, 9.17) is 4.74 Å². The Labute approximate surface area is 149 Å². The lowest BCUT2D eigenvalue weighted by Gasteiger charge is -2.30. The van der Waals surface area contributed by atoms with E-state index in [1.165, 1.54) is 13.3 Å². The first kappa shape index (κ1) is 18.9. The van der Waals surface area contributed by atoms with Crippen LogP contribution in [-0.4, -0.2) is 15.9 Å². The first-order valence-corrected chi connectivity index (χ1v) is 8.38. The summed E-state index contributed by atoms with van der Waals surface area (Å²) in [6.07, 6.45) is 4.94. The summed E-state index contributed by atoms with van der Waals surface area (Å²) < 4.78 is 5.64. The molecule has 1 heterocycles. The average molecular weight is 341 g/mol. The van der Waals surface area contributed by atoms with Crippen LogP contribution >= 0.6 is 0 Å². The SMILES string of the molecule is CC(=O)Oc1c(C(C)(C)C)cc(Nc2cncnc2)cc1C(C)(C)C. The van der Waals surface area contributed by atoms with Crippen LogP contribution in [0.4, 0.5) is 11.4 Å². The molecule has 25 heavy (non-hydrogen) atoms. The van der Waals surface area contributed by atoms with Crippen LogP contribution < -0.4 is 10.1 Å². The Morgan fingerprint density at radius 1 is 0.920 bits per heavy atom. The van der Waals surface area contributed by atoms with Gasteiger partial charge in [-0.05, 0) is 23.0 Å². The number of carbonyl (C=O) groups is 1. The number of anilines is 2. The maximum Gasteiger partial charge on any atom is 0.308 e. The third kappa shape index (κ3) is 4.78. The zero-order valence-corrected chi connectivity index (χ0v) is 16.1. The molecule has 0 amide bonds. The van der Waals surface area contributed by atoms with E-state index in [9.17, 15) is 4.79 Å². The molecular formula is C20H27N3O2. The first-order valence-electron chi connectivity index (χ1n) is 8.38. The highest BCUT2D eigenvalue weighted by Crippen LogP contribution is 2.42. The largest absolute Gasteiger partial charge is 0.426 e. The molecule has 0 atom stereocenters. The molecule has 0 aliphatic heterocycles. The van der Waals surface area contributed by atoms with Crippen molar-refractivity contribution < 1.29 is 9.53 Å². The predicted octanol–water partition coefficient (Wildman–Crippen LogP) is 4.74. The van der Waals surface area contributed by atoms with Gasteiger partial charge in [0.25, 0.3) is 0 Å². The number of rotatable bonds is 3. The van der Waals surface area contributed by atoms with Gasteiger partial charge in [0, 0.05) is 23.7 Å². The summed E-state index contributed by atoms with van der Waals surface area (Å²) in [5.74, 6) is 0.343. The standard InChI is InChI=1S/C20H27N3O2/c1-13(24)25-18-16(19(2,3)4)8-14(9-17(18)20(5,6)7)23-15-10-21-12-22-11-15/h8-12,23H,1-7H3. The topological polar surface area (TPSA) is 64.1 Å². The number of nitrogens with one attached hydrogen (secondary N) is 1. The quantitative estimate of drug-likeness (QED) is 0.645. The number of nitrogens with zero attached hydrogens (tertiary/aromatic N) is 2. The molecule has 0 fully saturated rings. The maximum atomic E-state index is 11.7. The van der Waals surface area contributed by atoms with Crippen molar-refractivity contribution in [2.75, 3.05) is 5.32 Å². The fourth-order valence-corrected chi connectivity index (χ4v) is 2.60. The summed E-state index contributed by atoms with van der Waals surface area (Å²) >= 11 is 0. The van der Waals surface area contributed by atoms with Crippen LogP contribution in [0.15, 0.2) is 30.9 Å². The minimum Gasteiger partial charge on any atom is -0.426 e. The molecule has 0 saturated carbocycles. The van der Waals surface area contributed by atoms with Crippen molar-refractivity contribution in [1.82, 2.24) is 9.97 Å². The number of esters is 1. The molecule has 1 N–H and O–H groups in total. The molecule has 0 radical (unpaired) electrons. The highest BCUT2D eigenvalue weighted by molar-refractivity contribution is 5.73. The smallest absolute Gasteiger partial charge is 0.308 e. The van der Waals surface area contributed by atoms with Crippen molar-refractivity contribution in [2.45, 2.75) is 59.3 Å². The predicted molar refractivity (Wildman–Crippen MR) is 100 cm³/mol. The summed E-state index contributed by atoms with van der Waals surface area (Å²) in [6, 6.07) is 4.06. The molecule has 0 aliphatic carbocycles. The van der Waals surface area contributed by atoms with E-state index in [-0.39, 0.29) is 16.8 Å². The summed E-state index contributed by atoms with van der Waals surface area (Å²) in [5.41, 5.74) is 3.32. The van der Waals surface area contributed by atoms with Gasteiger partial charge in [-0.25, -0.2) is 9.97 Å². The number of carbonyl (C=O) groups excluding carboxylic acids is 1. The molecule has 0 spiro atoms. The van der Waals surface area contributed by atoms with E-state index in [0.717, 1.165) is 22.5 Å². The van der Waals surface area contributed by atoms with Crippen molar-refractivity contribution in [2.24, 2.45) is 0 Å². The maximum absolute atomic E-state index is 11.7. The molecule has 0 unspecified atom stereocenters. The van der Waals surface area contributed by atoms with Crippen molar-refractivity contribution in [1.29, 1.82) is 0 Å². The summed E-state index contributed by atoms with van der Waals surface area (Å²) in [6.45, 7) is 14.1. The van der Waals surface area contributed by atoms with Crippen LogP contribution in [0.2, 0.25) is 0 Å². The van der Waals surface area contributed by atoms with Gasteiger partial charge in [-0.1, -0.05) is 41.5 Å². The number of aromatic nitrogens is 2. The van der Waals surface area contributed by atoms with Gasteiger partial charge < -0.3 is 10.1 Å². The van der Waals surface area contributed by atoms with Crippen LogP contribution in [-0.2, 0) is 15.6 Å². The van der Waals surface area contributed by atoms with Gasteiger partial charge in [0.1, 0.15) is 12.1 Å². The van der Waals surface area contributed by atoms with Crippen molar-refractivity contribution in [3.05, 3.63) is 42.0 Å². The van der Waals surface area contributed by atoms with Gasteiger partial charge in [-0.2, -0.15) is 0 Å². The fraction of sp³-hybridized carbons (Fsp3) is 0.450. The minimum atomic E-state index is -0.312. The van der Waals surface area contributed by atoms with Crippen molar-refractivity contribution >= 4 is 17.3 Å². The summed E-state index contributed by atoms with van der Waals surface area (Å²) in [7, 11) is 0. The van der Waals surface area contributed by atoms with E-state index in [0.29, 0.717) is 5.75 Å². The second-order valence-electron chi connectivity index (χ2n) is 8.25. The third-order valence-corrected chi connectivity index (χ3v) is 3.80. The molecule has 0 aliphatic rings. The lowest BCUT2D eigenvalue weighted by atomic mass is 9.79. The van der Waals surface area contributed by atoms with E-state index in [2.05, 4.69) is 56.8 Å². The van der Waals surface area contributed by atoms with Crippen LogP contribution in [0.3, 0.4) is 0 Å². The highest BCUT2D eigenvalue weighted by atomic mass is 16.5. The van der Waals surface area contributed by atoms with Crippen LogP contribution in [0.1, 0.15) is 59.6 Å². The van der Waals surface area contributed by atoms with E-state index >= 15 is 0 Å². The van der Waals surface area contributed by atoms with E-state index in [1.807, 2.05) is 12.1 Å². The second-order valence-corrected chi connectivity index (χ2v) is 8.25. The third-order valence-electron chi connectivity index (χ3n) is 3.80. The lowest BCUT2D eigenvalue weighted by molar-refractivity contribution is -0.132. The Bertz CT molecular complexity index is 722. The average Bonchev–Trinajstić information content (AvgIpc) is 2.46. The molecule has 5 heteroatoms. The van der Waals surface area contributed by atoms with E-state index in [1.54, 1.807) is 12.4 Å². The van der Waals surface area contributed by atoms with Crippen LogP contribution in [0.5, 0.6) is 5.75 Å². The minimum absolute atomic E-state index is 0.185. The molecule has 0 bridgehead atoms. The van der Waals surface area contributed by atoms with Gasteiger partial charge in [0.2, 0.25) is 0 Å². The van der Waals surface area contributed by atoms with Crippen molar-refractivity contribution in [3.8, 4) is 5.75 Å². The number of hydrogen-bond acceptors (Lipinski definition) is 5. The molecule has 1 aromatic carbocycles. The van der Waals surface area contributed by atoms with Gasteiger partial charge >= 0.3 is 5.97 Å². The molecule has 134 valence electrons. The molecular weight excluding hydrogens is 314 g/mol. The summed E-state index contributed by atoms with van der Waals surface area (Å²) in [5, 5.41) is 3.34. The van der Waals surface area contributed by atoms with Gasteiger partial charge in [0.05, 0.1) is 18.1 Å². The van der Waals surface area contributed by atoms with Gasteiger partial charge in [0.15, 0.2) is 0 Å². The Morgan fingerprint density at radius 3 is 1.80 bits per heavy atom. The number of benzene rings is 1. The molecule has 0 saturated heterocycles. The lowest BCUT2D eigenvalue weighted by Crippen LogP contribution is -2.21. The van der Waals surface area contributed by atoms with Crippen LogP contribution in [0, 0.1) is 0 Å². The fourth-order valence-electron chi connectivity index (χ4n) is 2.60. The second kappa shape index (κ2) is 6.82. The Hall–Kier alpha value is -2.43.